The van der Waals surface area contributed by atoms with Gasteiger partial charge in [-0.25, -0.2) is 0 Å². The average molecular weight is 569 g/mol. The van der Waals surface area contributed by atoms with E-state index in [1.807, 2.05) is 0 Å². The second-order valence-electron chi connectivity index (χ2n) is 5.11. The first-order valence-electron chi connectivity index (χ1n) is 6.75. The molecule has 0 bridgehead atoms. The Bertz CT molecular complexity index is 717. The minimum atomic E-state index is -0.822. The summed E-state index contributed by atoms with van der Waals surface area (Å²) in [6.45, 7) is 0. The van der Waals surface area contributed by atoms with Gasteiger partial charge in [0.2, 0.25) is 0 Å². The zero-order chi connectivity index (χ0) is 12.7. The standard InChI is InChI=1S/C13H9.C5H5.2BrH.Hf/c1-3-7-12-10(5-1)9-11-6-2-4-8-13(11)12;1-2-4-5-3-1;;;/h1-5,7-8H,9H2;1-3H,4H2;2*1H;/q;;;;+2/p-2. The fraction of sp³-hybridized carbons (Fsp3) is 0.111. The Labute approximate surface area is 158 Å². The Hall–Kier alpha value is -0.250. The van der Waals surface area contributed by atoms with Crippen molar-refractivity contribution < 1.29 is 56.9 Å². The van der Waals surface area contributed by atoms with Gasteiger partial charge in [0, 0.05) is 0 Å². The average Bonchev–Trinajstić information content (AvgIpc) is 3.06. The van der Waals surface area contributed by atoms with E-state index in [1.165, 1.54) is 23.1 Å². The number of benzene rings is 2. The Morgan fingerprint density at radius 3 is 2.48 bits per heavy atom. The van der Waals surface area contributed by atoms with Crippen LogP contribution in [0.1, 0.15) is 17.5 Å². The van der Waals surface area contributed by atoms with Crippen molar-refractivity contribution in [1.29, 1.82) is 0 Å². The Kier molecular flexibility index (Phi) is 5.98. The van der Waals surface area contributed by atoms with Crippen molar-refractivity contribution in [3.8, 4) is 11.1 Å². The van der Waals surface area contributed by atoms with Crippen molar-refractivity contribution >= 4 is 3.32 Å². The first-order chi connectivity index (χ1) is 9.42. The molecule has 2 aliphatic carbocycles. The molecule has 0 radical (unpaired) electrons. The number of allylic oxidation sites excluding steroid dienone is 4. The van der Waals surface area contributed by atoms with E-state index in [9.17, 15) is 0 Å². The second-order valence-corrected chi connectivity index (χ2v) is 10.3. The molecule has 0 amide bonds. The van der Waals surface area contributed by atoms with Crippen LogP contribution in [0.15, 0.2) is 64.0 Å². The summed E-state index contributed by atoms with van der Waals surface area (Å²) >= 11 is -0.822. The van der Waals surface area contributed by atoms with Crippen molar-refractivity contribution in [2.75, 3.05) is 0 Å². The van der Waals surface area contributed by atoms with Crippen molar-refractivity contribution in [3.05, 3.63) is 75.1 Å². The zero-order valence-corrected chi connectivity index (χ0v) is 18.2. The molecule has 2 aromatic carbocycles. The molecule has 0 saturated heterocycles. The molecule has 104 valence electrons. The van der Waals surface area contributed by atoms with E-state index >= 15 is 0 Å². The van der Waals surface area contributed by atoms with Crippen LogP contribution in [0, 0.1) is 0 Å². The van der Waals surface area contributed by atoms with Gasteiger partial charge in [-0.1, -0.05) is 0 Å². The van der Waals surface area contributed by atoms with Gasteiger partial charge in [0.15, 0.2) is 0 Å². The summed E-state index contributed by atoms with van der Waals surface area (Å²) in [6.07, 6.45) is 9.22. The number of halogens is 2. The summed E-state index contributed by atoms with van der Waals surface area (Å²) in [5, 5.41) is 0. The molecule has 0 saturated carbocycles. The van der Waals surface area contributed by atoms with Crippen molar-refractivity contribution in [3.63, 3.8) is 0 Å². The first kappa shape index (κ1) is 17.1. The fourth-order valence-electron chi connectivity index (χ4n) is 2.99. The Morgan fingerprint density at radius 1 is 0.857 bits per heavy atom. The Morgan fingerprint density at radius 2 is 1.67 bits per heavy atom. The number of rotatable bonds is 2. The van der Waals surface area contributed by atoms with Gasteiger partial charge in [-0.15, -0.1) is 0 Å². The molecular formula is C18H14Br2Hf. The van der Waals surface area contributed by atoms with Gasteiger partial charge < -0.3 is 34.0 Å². The second kappa shape index (κ2) is 7.34. The first-order valence-corrected chi connectivity index (χ1v) is 10.3. The molecule has 0 nitrogen and oxygen atoms in total. The molecule has 0 spiro atoms. The molecule has 2 aliphatic rings. The van der Waals surface area contributed by atoms with Gasteiger partial charge in [-0.3, -0.25) is 0 Å². The molecule has 0 unspecified atom stereocenters. The summed E-state index contributed by atoms with van der Waals surface area (Å²) in [5.74, 6) is 0. The van der Waals surface area contributed by atoms with Crippen LogP contribution in [-0.4, -0.2) is 0 Å². The maximum atomic E-state index is 2.38. The van der Waals surface area contributed by atoms with E-state index in [-0.39, 0.29) is 34.0 Å². The fourth-order valence-corrected chi connectivity index (χ4v) is 7.65. The van der Waals surface area contributed by atoms with E-state index < -0.39 is 22.9 Å². The van der Waals surface area contributed by atoms with Crippen LogP contribution in [0.4, 0.5) is 0 Å². The normalized spacial score (nSPS) is 13.4. The van der Waals surface area contributed by atoms with Crippen molar-refractivity contribution in [1.82, 2.24) is 0 Å². The molecular weight excluding hydrogens is 554 g/mol. The number of hydrogen-bond acceptors (Lipinski definition) is 0. The summed E-state index contributed by atoms with van der Waals surface area (Å²) in [6, 6.07) is 15.8. The Balaban J connectivity index is 0.000000807. The van der Waals surface area contributed by atoms with Gasteiger partial charge >= 0.3 is 125 Å². The van der Waals surface area contributed by atoms with Crippen molar-refractivity contribution in [2.45, 2.75) is 12.8 Å². The molecule has 0 atom stereocenters. The van der Waals surface area contributed by atoms with E-state index in [1.54, 1.807) is 12.2 Å². The van der Waals surface area contributed by atoms with Crippen LogP contribution in [0.3, 0.4) is 0 Å². The van der Waals surface area contributed by atoms with Gasteiger partial charge in [0.05, 0.1) is 0 Å². The largest absolute Gasteiger partial charge is 1.00 e. The van der Waals surface area contributed by atoms with Crippen LogP contribution >= 0.6 is 0 Å². The zero-order valence-electron chi connectivity index (χ0n) is 11.4. The third-order valence-electron chi connectivity index (χ3n) is 3.92. The minimum Gasteiger partial charge on any atom is -1.00 e. The smallest absolute Gasteiger partial charge is 1.00 e. The SMILES string of the molecule is C1=CC[C]([Hf+2][c]2cccc3c2Cc2ccccc2-3)=C1.[Br-].[Br-]. The van der Waals surface area contributed by atoms with Crippen LogP contribution in [0.5, 0.6) is 0 Å². The minimum absolute atomic E-state index is 0. The van der Waals surface area contributed by atoms with E-state index in [0.717, 1.165) is 6.42 Å². The van der Waals surface area contributed by atoms with Gasteiger partial charge in [0.1, 0.15) is 0 Å². The molecule has 3 heteroatoms. The predicted molar refractivity (Wildman–Crippen MR) is 76.2 cm³/mol. The molecule has 2 aromatic rings. The van der Waals surface area contributed by atoms with Crippen molar-refractivity contribution in [2.24, 2.45) is 0 Å². The van der Waals surface area contributed by atoms with E-state index in [0.29, 0.717) is 0 Å². The van der Waals surface area contributed by atoms with Gasteiger partial charge in [-0.2, -0.15) is 0 Å². The predicted octanol–water partition coefficient (Wildman–Crippen LogP) is -2.18. The third-order valence-corrected chi connectivity index (χ3v) is 9.05. The molecule has 0 aliphatic heterocycles. The number of hydrogen-bond donors (Lipinski definition) is 0. The summed E-state index contributed by atoms with van der Waals surface area (Å²) in [4.78, 5) is 0. The van der Waals surface area contributed by atoms with E-state index in [4.69, 9.17) is 0 Å². The van der Waals surface area contributed by atoms with E-state index in [2.05, 4.69) is 60.7 Å². The molecule has 0 aromatic heterocycles. The number of fused-ring (bicyclic) bond motifs is 3. The molecule has 0 fully saturated rings. The third kappa shape index (κ3) is 3.25. The van der Waals surface area contributed by atoms with Crippen LogP contribution in [0.25, 0.3) is 11.1 Å². The van der Waals surface area contributed by atoms with Gasteiger partial charge in [0.25, 0.3) is 0 Å². The molecule has 0 N–H and O–H groups in total. The summed E-state index contributed by atoms with van der Waals surface area (Å²) in [5.41, 5.74) is 6.08. The molecule has 0 heterocycles. The van der Waals surface area contributed by atoms with Gasteiger partial charge in [-0.05, 0) is 0 Å². The maximum Gasteiger partial charge on any atom is -1.00 e. The summed E-state index contributed by atoms with van der Waals surface area (Å²) in [7, 11) is 0. The maximum absolute atomic E-state index is 2.38. The molecule has 4 rings (SSSR count). The van der Waals surface area contributed by atoms with Crippen LogP contribution < -0.4 is 37.3 Å². The van der Waals surface area contributed by atoms with Crippen LogP contribution in [0.2, 0.25) is 0 Å². The monoisotopic (exact) mass is 568 g/mol. The topological polar surface area (TPSA) is 0 Å². The summed E-state index contributed by atoms with van der Waals surface area (Å²) < 4.78 is 3.42. The quantitative estimate of drug-likeness (QED) is 0.309. The van der Waals surface area contributed by atoms with Crippen LogP contribution in [-0.2, 0) is 29.3 Å². The molecule has 21 heavy (non-hydrogen) atoms.